The number of primary amides is 2. The molecule has 1 aromatic carbocycles. The summed E-state index contributed by atoms with van der Waals surface area (Å²) in [6.07, 6.45) is 9.09. The minimum absolute atomic E-state index is 0.0371. The molecular formula is C28H37N7O3. The summed E-state index contributed by atoms with van der Waals surface area (Å²) in [5.74, 6) is 0.115. The van der Waals surface area contributed by atoms with Crippen LogP contribution in [0.2, 0.25) is 0 Å². The van der Waals surface area contributed by atoms with Crippen LogP contribution in [0.4, 0.5) is 11.5 Å². The monoisotopic (exact) mass is 519 g/mol. The van der Waals surface area contributed by atoms with Crippen molar-refractivity contribution >= 4 is 29.2 Å². The lowest BCUT2D eigenvalue weighted by Crippen LogP contribution is -2.43. The maximum absolute atomic E-state index is 13.3. The topological polar surface area (TPSA) is 169 Å². The van der Waals surface area contributed by atoms with Gasteiger partial charge in [-0.3, -0.25) is 14.4 Å². The van der Waals surface area contributed by atoms with Gasteiger partial charge in [-0.05, 0) is 87.6 Å². The molecule has 2 aromatic rings. The van der Waals surface area contributed by atoms with Crippen LogP contribution < -0.4 is 32.7 Å². The molecule has 0 radical (unpaired) electrons. The van der Waals surface area contributed by atoms with E-state index >= 15 is 0 Å². The summed E-state index contributed by atoms with van der Waals surface area (Å²) < 4.78 is 0. The Labute approximate surface area is 222 Å². The van der Waals surface area contributed by atoms with Crippen LogP contribution in [0.25, 0.3) is 0 Å². The Morgan fingerprint density at radius 2 is 1.66 bits per heavy atom. The number of nitrogens with two attached hydrogens (primary N) is 3. The van der Waals surface area contributed by atoms with E-state index in [1.165, 1.54) is 6.20 Å². The molecule has 2 saturated carbocycles. The number of nitrogens with one attached hydrogen (secondary N) is 2. The number of nitrogens with zero attached hydrogens (tertiary/aromatic N) is 2. The molecule has 5 rings (SSSR count). The van der Waals surface area contributed by atoms with Gasteiger partial charge in [0, 0.05) is 48.2 Å². The molecule has 1 aromatic heterocycles. The zero-order valence-electron chi connectivity index (χ0n) is 21.6. The van der Waals surface area contributed by atoms with Crippen LogP contribution >= 0.6 is 0 Å². The SMILES string of the molecule is NC(=O)c1ccc(N2CCCC3CC(NC(=O)c4ccc(C(N)=O)c(NC5CCC(N)CC5)c4)CC32)nc1. The molecular weight excluding hydrogens is 482 g/mol. The molecule has 10 heteroatoms. The van der Waals surface area contributed by atoms with Crippen molar-refractivity contribution in [2.75, 3.05) is 16.8 Å². The third kappa shape index (κ3) is 5.60. The van der Waals surface area contributed by atoms with Crippen LogP contribution in [-0.4, -0.2) is 53.4 Å². The summed E-state index contributed by atoms with van der Waals surface area (Å²) in [5, 5.41) is 6.66. The first-order valence-corrected chi connectivity index (χ1v) is 13.6. The second-order valence-corrected chi connectivity index (χ2v) is 11.0. The van der Waals surface area contributed by atoms with Crippen molar-refractivity contribution in [3.05, 3.63) is 53.2 Å². The molecule has 3 unspecified atom stereocenters. The number of aromatic nitrogens is 1. The number of rotatable bonds is 7. The first-order chi connectivity index (χ1) is 18.3. The van der Waals surface area contributed by atoms with Gasteiger partial charge in [0.05, 0.1) is 11.1 Å². The predicted molar refractivity (Wildman–Crippen MR) is 146 cm³/mol. The van der Waals surface area contributed by atoms with Gasteiger partial charge in [0.15, 0.2) is 0 Å². The van der Waals surface area contributed by atoms with Crippen molar-refractivity contribution in [3.8, 4) is 0 Å². The van der Waals surface area contributed by atoms with Gasteiger partial charge in [-0.15, -0.1) is 0 Å². The fourth-order valence-corrected chi connectivity index (χ4v) is 6.36. The molecule has 3 amide bonds. The van der Waals surface area contributed by atoms with E-state index in [0.29, 0.717) is 28.3 Å². The standard InChI is InChI=1S/C28H37N7O3/c29-19-5-7-20(8-6-19)33-23-13-17(3-9-22(23)27(31)37)28(38)34-21-12-16-2-1-11-35(24(16)14-21)25-10-4-18(15-32-25)26(30)36/h3-4,9-10,13,15-16,19-21,24,33H,1-2,5-8,11-12,14,29H2,(H2,30,36)(H2,31,37)(H,34,38). The lowest BCUT2D eigenvalue weighted by Gasteiger charge is -2.38. The highest BCUT2D eigenvalue weighted by Gasteiger charge is 2.41. The highest BCUT2D eigenvalue weighted by atomic mass is 16.2. The average Bonchev–Trinajstić information content (AvgIpc) is 3.32. The Hall–Kier alpha value is -3.66. The molecule has 3 aliphatic rings. The van der Waals surface area contributed by atoms with Crippen LogP contribution in [0.15, 0.2) is 36.5 Å². The Kier molecular flexibility index (Phi) is 7.51. The van der Waals surface area contributed by atoms with Crippen molar-refractivity contribution in [1.29, 1.82) is 0 Å². The molecule has 2 aliphatic carbocycles. The number of amides is 3. The number of anilines is 2. The van der Waals surface area contributed by atoms with Crippen LogP contribution in [0.3, 0.4) is 0 Å². The Bertz CT molecular complexity index is 1190. The highest BCUT2D eigenvalue weighted by Crippen LogP contribution is 2.39. The van der Waals surface area contributed by atoms with Crippen molar-refractivity contribution in [1.82, 2.24) is 10.3 Å². The Balaban J connectivity index is 1.26. The lowest BCUT2D eigenvalue weighted by atomic mass is 9.91. The number of carbonyl (C=O) groups is 3. The fraction of sp³-hybridized carbons (Fsp3) is 0.500. The number of hydrogen-bond donors (Lipinski definition) is 5. The van der Waals surface area contributed by atoms with E-state index < -0.39 is 11.8 Å². The largest absolute Gasteiger partial charge is 0.382 e. The quantitative estimate of drug-likeness (QED) is 0.373. The molecule has 3 atom stereocenters. The molecule has 38 heavy (non-hydrogen) atoms. The van der Waals surface area contributed by atoms with E-state index in [1.54, 1.807) is 24.3 Å². The molecule has 10 nitrogen and oxygen atoms in total. The molecule has 8 N–H and O–H groups in total. The van der Waals surface area contributed by atoms with Crippen molar-refractivity contribution < 1.29 is 14.4 Å². The minimum atomic E-state index is -0.524. The molecule has 202 valence electrons. The minimum Gasteiger partial charge on any atom is -0.382 e. The van der Waals surface area contributed by atoms with Crippen molar-refractivity contribution in [3.63, 3.8) is 0 Å². The van der Waals surface area contributed by atoms with Crippen LogP contribution in [0.1, 0.15) is 82.4 Å². The maximum Gasteiger partial charge on any atom is 0.251 e. The van der Waals surface area contributed by atoms with Crippen LogP contribution in [0, 0.1) is 5.92 Å². The molecule has 3 fully saturated rings. The third-order valence-corrected chi connectivity index (χ3v) is 8.37. The summed E-state index contributed by atoms with van der Waals surface area (Å²) in [7, 11) is 0. The van der Waals surface area contributed by atoms with E-state index in [-0.39, 0.29) is 30.1 Å². The van der Waals surface area contributed by atoms with Crippen molar-refractivity contribution in [2.45, 2.75) is 75.5 Å². The smallest absolute Gasteiger partial charge is 0.251 e. The van der Waals surface area contributed by atoms with Gasteiger partial charge < -0.3 is 32.7 Å². The Morgan fingerprint density at radius 3 is 2.34 bits per heavy atom. The van der Waals surface area contributed by atoms with Crippen LogP contribution in [-0.2, 0) is 0 Å². The van der Waals surface area contributed by atoms with E-state index in [1.807, 2.05) is 6.07 Å². The number of hydrogen-bond acceptors (Lipinski definition) is 7. The molecule has 0 spiro atoms. The van der Waals surface area contributed by atoms with Gasteiger partial charge in [0.25, 0.3) is 11.8 Å². The normalized spacial score (nSPS) is 26.9. The van der Waals surface area contributed by atoms with Gasteiger partial charge in [0.2, 0.25) is 5.91 Å². The van der Waals surface area contributed by atoms with E-state index in [4.69, 9.17) is 17.2 Å². The average molecular weight is 520 g/mol. The summed E-state index contributed by atoms with van der Waals surface area (Å²) in [5.41, 5.74) is 18.9. The maximum atomic E-state index is 13.3. The zero-order chi connectivity index (χ0) is 26.8. The lowest BCUT2D eigenvalue weighted by molar-refractivity contribution is 0.0934. The number of fused-ring (bicyclic) bond motifs is 1. The predicted octanol–water partition coefficient (Wildman–Crippen LogP) is 2.14. The molecule has 1 saturated heterocycles. The number of carbonyl (C=O) groups excluding carboxylic acids is 3. The van der Waals surface area contributed by atoms with Gasteiger partial charge in [-0.2, -0.15) is 0 Å². The van der Waals surface area contributed by atoms with E-state index in [0.717, 1.165) is 63.7 Å². The Morgan fingerprint density at radius 1 is 0.895 bits per heavy atom. The van der Waals surface area contributed by atoms with Gasteiger partial charge in [-0.25, -0.2) is 4.98 Å². The zero-order valence-corrected chi connectivity index (χ0v) is 21.6. The van der Waals surface area contributed by atoms with Crippen LogP contribution in [0.5, 0.6) is 0 Å². The second-order valence-electron chi connectivity index (χ2n) is 11.0. The summed E-state index contributed by atoms with van der Waals surface area (Å²) in [6, 6.07) is 9.32. The summed E-state index contributed by atoms with van der Waals surface area (Å²) in [6.45, 7) is 0.889. The molecule has 0 bridgehead atoms. The fourth-order valence-electron chi connectivity index (χ4n) is 6.36. The first kappa shape index (κ1) is 26.0. The number of piperidine rings is 1. The molecule has 2 heterocycles. The first-order valence-electron chi connectivity index (χ1n) is 13.6. The highest BCUT2D eigenvalue weighted by molar-refractivity contribution is 6.02. The van der Waals surface area contributed by atoms with Gasteiger partial charge in [0.1, 0.15) is 5.82 Å². The number of pyridine rings is 1. The second kappa shape index (κ2) is 11.0. The third-order valence-electron chi connectivity index (χ3n) is 8.37. The molecule has 1 aliphatic heterocycles. The van der Waals surface area contributed by atoms with Gasteiger partial charge in [-0.1, -0.05) is 0 Å². The number of benzene rings is 1. The van der Waals surface area contributed by atoms with Crippen molar-refractivity contribution in [2.24, 2.45) is 23.1 Å². The van der Waals surface area contributed by atoms with E-state index in [9.17, 15) is 14.4 Å². The van der Waals surface area contributed by atoms with E-state index in [2.05, 4.69) is 20.5 Å². The summed E-state index contributed by atoms with van der Waals surface area (Å²) >= 11 is 0. The summed E-state index contributed by atoms with van der Waals surface area (Å²) in [4.78, 5) is 43.5. The van der Waals surface area contributed by atoms with Gasteiger partial charge >= 0.3 is 0 Å².